The maximum absolute atomic E-state index is 15.7. The van der Waals surface area contributed by atoms with Crippen molar-refractivity contribution in [2.24, 2.45) is 0 Å². The van der Waals surface area contributed by atoms with E-state index in [0.717, 1.165) is 43.0 Å². The van der Waals surface area contributed by atoms with Gasteiger partial charge in [-0.25, -0.2) is 13.6 Å². The van der Waals surface area contributed by atoms with Crippen molar-refractivity contribution in [2.75, 3.05) is 49.1 Å². The summed E-state index contributed by atoms with van der Waals surface area (Å²) in [6.07, 6.45) is 2.04. The molecular formula is C32H33ClF2N4O3. The van der Waals surface area contributed by atoms with Crippen molar-refractivity contribution >= 4 is 39.8 Å². The summed E-state index contributed by atoms with van der Waals surface area (Å²) in [5.74, 6) is -2.85. The zero-order valence-electron chi connectivity index (χ0n) is 23.6. The summed E-state index contributed by atoms with van der Waals surface area (Å²) >= 11 is 6.87. The first-order valence-electron chi connectivity index (χ1n) is 14.1. The summed E-state index contributed by atoms with van der Waals surface area (Å²) in [4.78, 5) is 31.3. The summed E-state index contributed by atoms with van der Waals surface area (Å²) in [5.41, 5.74) is 0.496. The van der Waals surface area contributed by atoms with E-state index >= 15 is 8.78 Å². The molecule has 1 saturated heterocycles. The highest BCUT2D eigenvalue weighted by atomic mass is 35.5. The van der Waals surface area contributed by atoms with E-state index in [2.05, 4.69) is 16.7 Å². The third-order valence-corrected chi connectivity index (χ3v) is 8.13. The first-order valence-corrected chi connectivity index (χ1v) is 14.5. The number of para-hydroxylation sites is 1. The number of anilines is 2. The van der Waals surface area contributed by atoms with Crippen LogP contribution in [0, 0.1) is 11.6 Å². The first-order chi connectivity index (χ1) is 20.2. The second kappa shape index (κ2) is 12.5. The molecule has 0 unspecified atom stereocenters. The van der Waals surface area contributed by atoms with Gasteiger partial charge in [0, 0.05) is 44.6 Å². The van der Waals surface area contributed by atoms with Gasteiger partial charge in [0.1, 0.15) is 17.2 Å². The molecule has 42 heavy (non-hydrogen) atoms. The van der Waals surface area contributed by atoms with Gasteiger partial charge >= 0.3 is 5.97 Å². The van der Waals surface area contributed by atoms with Gasteiger partial charge in [0.25, 0.3) is 0 Å². The monoisotopic (exact) mass is 594 g/mol. The van der Waals surface area contributed by atoms with E-state index in [9.17, 15) is 14.7 Å². The Morgan fingerprint density at radius 2 is 1.67 bits per heavy atom. The van der Waals surface area contributed by atoms with Crippen LogP contribution >= 0.6 is 11.6 Å². The number of nitrogens with zero attached hydrogens (tertiary/aromatic N) is 4. The zero-order valence-corrected chi connectivity index (χ0v) is 24.4. The van der Waals surface area contributed by atoms with Crippen LogP contribution in [0.2, 0.25) is 5.02 Å². The number of fused-ring (bicyclic) bond motifs is 1. The third kappa shape index (κ3) is 5.71. The number of carboxylic acids is 1. The molecule has 5 rings (SSSR count). The average molecular weight is 595 g/mol. The SMILES string of the molecule is CCCN(CC)Cc1ccc(-n2cc(C(=O)O)c(=O)c3cc(F)c(N4CCN(c5ccccc5)CC4)c(Cl)c32)c(F)c1. The van der Waals surface area contributed by atoms with Gasteiger partial charge in [-0.15, -0.1) is 0 Å². The van der Waals surface area contributed by atoms with Gasteiger partial charge in [-0.3, -0.25) is 9.69 Å². The highest BCUT2D eigenvalue weighted by Crippen LogP contribution is 2.38. The van der Waals surface area contributed by atoms with Crippen molar-refractivity contribution in [1.82, 2.24) is 9.47 Å². The molecule has 0 radical (unpaired) electrons. The van der Waals surface area contributed by atoms with E-state index in [1.807, 2.05) is 42.2 Å². The van der Waals surface area contributed by atoms with Gasteiger partial charge in [-0.05, 0) is 55.4 Å². The molecule has 3 aromatic carbocycles. The Morgan fingerprint density at radius 1 is 0.976 bits per heavy atom. The number of aromatic nitrogens is 1. The van der Waals surface area contributed by atoms with Crippen LogP contribution in [0.25, 0.3) is 16.6 Å². The molecule has 1 fully saturated rings. The fraction of sp³-hybridized carbons (Fsp3) is 0.312. The molecule has 220 valence electrons. The number of benzene rings is 3. The minimum atomic E-state index is -1.50. The molecule has 4 aromatic rings. The fourth-order valence-electron chi connectivity index (χ4n) is 5.63. The van der Waals surface area contributed by atoms with Crippen LogP contribution in [-0.2, 0) is 6.54 Å². The van der Waals surface area contributed by atoms with Crippen LogP contribution in [0.4, 0.5) is 20.2 Å². The standard InChI is InChI=1S/C32H33ClF2N4O3/c1-3-12-36(4-2)19-21-10-11-27(25(34)17-21)39-20-24(32(41)42)31(40)23-18-26(35)30(28(33)29(23)39)38-15-13-37(14-16-38)22-8-6-5-7-9-22/h5-11,17-18,20H,3-4,12-16,19H2,1-2H3,(H,41,42). The fourth-order valence-corrected chi connectivity index (χ4v) is 6.03. The van der Waals surface area contributed by atoms with Crippen molar-refractivity contribution in [3.8, 4) is 5.69 Å². The minimum absolute atomic E-state index is 0.0122. The second-order valence-electron chi connectivity index (χ2n) is 10.4. The van der Waals surface area contributed by atoms with Gasteiger partial charge < -0.3 is 19.5 Å². The van der Waals surface area contributed by atoms with E-state index < -0.39 is 28.6 Å². The lowest BCUT2D eigenvalue weighted by molar-refractivity contribution is 0.0695. The highest BCUT2D eigenvalue weighted by Gasteiger charge is 2.27. The molecule has 0 atom stereocenters. The van der Waals surface area contributed by atoms with Crippen LogP contribution in [-0.4, -0.2) is 59.8 Å². The summed E-state index contributed by atoms with van der Waals surface area (Å²) in [7, 11) is 0. The molecule has 10 heteroatoms. The maximum Gasteiger partial charge on any atom is 0.341 e. The predicted octanol–water partition coefficient (Wildman–Crippen LogP) is 6.18. The average Bonchev–Trinajstić information content (AvgIpc) is 2.98. The van der Waals surface area contributed by atoms with E-state index in [0.29, 0.717) is 32.7 Å². The van der Waals surface area contributed by atoms with Crippen LogP contribution in [0.5, 0.6) is 0 Å². The van der Waals surface area contributed by atoms with Crippen molar-refractivity contribution in [3.05, 3.63) is 98.8 Å². The summed E-state index contributed by atoms with van der Waals surface area (Å²) in [5, 5.41) is 9.45. The van der Waals surface area contributed by atoms with Gasteiger partial charge in [-0.2, -0.15) is 0 Å². The number of hydrogen-bond donors (Lipinski definition) is 1. The lowest BCUT2D eigenvalue weighted by Gasteiger charge is -2.38. The van der Waals surface area contributed by atoms with Crippen LogP contribution in [0.3, 0.4) is 0 Å². The number of rotatable bonds is 9. The minimum Gasteiger partial charge on any atom is -0.477 e. The molecule has 0 bridgehead atoms. The molecule has 2 heterocycles. The molecule has 0 aliphatic carbocycles. The third-order valence-electron chi connectivity index (χ3n) is 7.77. The Balaban J connectivity index is 1.59. The lowest BCUT2D eigenvalue weighted by atomic mass is 10.1. The number of pyridine rings is 1. The number of hydrogen-bond acceptors (Lipinski definition) is 5. The van der Waals surface area contributed by atoms with E-state index in [-0.39, 0.29) is 27.3 Å². The van der Waals surface area contributed by atoms with Crippen molar-refractivity contribution in [3.63, 3.8) is 0 Å². The Morgan fingerprint density at radius 3 is 2.29 bits per heavy atom. The topological polar surface area (TPSA) is 69.0 Å². The Hall–Kier alpha value is -3.95. The van der Waals surface area contributed by atoms with E-state index in [1.54, 1.807) is 6.07 Å². The molecule has 0 amide bonds. The van der Waals surface area contributed by atoms with Crippen LogP contribution < -0.4 is 15.2 Å². The summed E-state index contributed by atoms with van der Waals surface area (Å²) < 4.78 is 32.6. The molecule has 1 aromatic heterocycles. The summed E-state index contributed by atoms with van der Waals surface area (Å²) in [6.45, 7) is 8.52. The van der Waals surface area contributed by atoms with Crippen molar-refractivity contribution in [1.29, 1.82) is 0 Å². The quantitative estimate of drug-likeness (QED) is 0.250. The Bertz CT molecular complexity index is 1670. The largest absolute Gasteiger partial charge is 0.477 e. The molecule has 1 aliphatic heterocycles. The van der Waals surface area contributed by atoms with Crippen LogP contribution in [0.1, 0.15) is 36.2 Å². The van der Waals surface area contributed by atoms with Gasteiger partial charge in [0.05, 0.1) is 27.3 Å². The first kappa shape index (κ1) is 29.5. The number of carboxylic acid groups (broad SMARTS) is 1. The molecular weight excluding hydrogens is 562 g/mol. The predicted molar refractivity (Wildman–Crippen MR) is 164 cm³/mol. The van der Waals surface area contributed by atoms with E-state index in [1.165, 1.54) is 16.7 Å². The number of halogens is 3. The van der Waals surface area contributed by atoms with Gasteiger partial charge in [0.2, 0.25) is 5.43 Å². The number of aromatic carboxylic acids is 1. The highest BCUT2D eigenvalue weighted by molar-refractivity contribution is 6.38. The second-order valence-corrected chi connectivity index (χ2v) is 10.8. The van der Waals surface area contributed by atoms with Crippen LogP contribution in [0.15, 0.2) is 65.6 Å². The maximum atomic E-state index is 15.7. The number of carbonyl (C=O) groups is 1. The lowest BCUT2D eigenvalue weighted by Crippen LogP contribution is -2.47. The normalized spacial score (nSPS) is 13.8. The smallest absolute Gasteiger partial charge is 0.341 e. The van der Waals surface area contributed by atoms with Crippen molar-refractivity contribution in [2.45, 2.75) is 26.8 Å². The van der Waals surface area contributed by atoms with E-state index in [4.69, 9.17) is 11.6 Å². The zero-order chi connectivity index (χ0) is 30.0. The molecule has 0 saturated carbocycles. The Labute approximate surface area is 248 Å². The Kier molecular flexibility index (Phi) is 8.80. The molecule has 1 aliphatic rings. The van der Waals surface area contributed by atoms with Gasteiger partial charge in [0.15, 0.2) is 0 Å². The van der Waals surface area contributed by atoms with Gasteiger partial charge in [-0.1, -0.05) is 49.7 Å². The van der Waals surface area contributed by atoms with Crippen molar-refractivity contribution < 1.29 is 18.7 Å². The molecule has 0 spiro atoms. The summed E-state index contributed by atoms with van der Waals surface area (Å²) in [6, 6.07) is 15.6. The molecule has 7 nitrogen and oxygen atoms in total. The molecule has 1 N–H and O–H groups in total. The number of piperazine rings is 1.